The van der Waals surface area contributed by atoms with Crippen LogP contribution in [0.4, 0.5) is 0 Å². The molecule has 2 unspecified atom stereocenters. The SMILES string of the molecule is CCCNC1CC(C(C)C)Oc2cc(Br)ccc21. The van der Waals surface area contributed by atoms with Crippen molar-refractivity contribution >= 4 is 15.9 Å². The highest BCUT2D eigenvalue weighted by atomic mass is 79.9. The lowest BCUT2D eigenvalue weighted by atomic mass is 9.91. The molecule has 1 aliphatic rings. The Hall–Kier alpha value is -0.540. The first-order valence-corrected chi connectivity index (χ1v) is 7.60. The third-order valence-electron chi connectivity index (χ3n) is 3.48. The molecule has 0 aromatic heterocycles. The molecule has 2 rings (SSSR count). The van der Waals surface area contributed by atoms with Gasteiger partial charge in [-0.15, -0.1) is 0 Å². The third kappa shape index (κ3) is 3.07. The van der Waals surface area contributed by atoms with Gasteiger partial charge in [-0.05, 0) is 31.0 Å². The van der Waals surface area contributed by atoms with Crippen LogP contribution in [-0.2, 0) is 0 Å². The number of benzene rings is 1. The standard InChI is InChI=1S/C15H22BrNO/c1-4-7-17-13-9-14(10(2)3)18-15-8-11(16)5-6-12(13)15/h5-6,8,10,13-14,17H,4,7,9H2,1-3H3. The summed E-state index contributed by atoms with van der Waals surface area (Å²) in [6.45, 7) is 7.72. The Kier molecular flexibility index (Phi) is 4.68. The van der Waals surface area contributed by atoms with Gasteiger partial charge in [0.1, 0.15) is 11.9 Å². The van der Waals surface area contributed by atoms with E-state index in [9.17, 15) is 0 Å². The molecule has 0 amide bonds. The van der Waals surface area contributed by atoms with Gasteiger partial charge in [0, 0.05) is 22.5 Å². The highest BCUT2D eigenvalue weighted by molar-refractivity contribution is 9.10. The summed E-state index contributed by atoms with van der Waals surface area (Å²) >= 11 is 3.52. The lowest BCUT2D eigenvalue weighted by Gasteiger charge is -2.35. The monoisotopic (exact) mass is 311 g/mol. The van der Waals surface area contributed by atoms with Gasteiger partial charge in [0.2, 0.25) is 0 Å². The van der Waals surface area contributed by atoms with Gasteiger partial charge in [0.15, 0.2) is 0 Å². The average molecular weight is 312 g/mol. The Morgan fingerprint density at radius 3 is 2.89 bits per heavy atom. The minimum absolute atomic E-state index is 0.307. The maximum absolute atomic E-state index is 6.11. The van der Waals surface area contributed by atoms with Crippen LogP contribution in [0.1, 0.15) is 45.2 Å². The molecule has 0 saturated carbocycles. The second-order valence-corrected chi connectivity index (χ2v) is 6.24. The Morgan fingerprint density at radius 1 is 1.44 bits per heavy atom. The Labute approximate surface area is 118 Å². The Morgan fingerprint density at radius 2 is 2.22 bits per heavy atom. The van der Waals surface area contributed by atoms with E-state index in [2.05, 4.69) is 60.2 Å². The van der Waals surface area contributed by atoms with E-state index in [-0.39, 0.29) is 0 Å². The summed E-state index contributed by atoms with van der Waals surface area (Å²) in [5.74, 6) is 1.57. The molecule has 1 aromatic carbocycles. The van der Waals surface area contributed by atoms with Gasteiger partial charge in [-0.2, -0.15) is 0 Å². The van der Waals surface area contributed by atoms with E-state index < -0.39 is 0 Å². The predicted molar refractivity (Wildman–Crippen MR) is 79.0 cm³/mol. The van der Waals surface area contributed by atoms with Crippen molar-refractivity contribution in [3.05, 3.63) is 28.2 Å². The van der Waals surface area contributed by atoms with Crippen molar-refractivity contribution in [3.8, 4) is 5.75 Å². The van der Waals surface area contributed by atoms with Crippen molar-refractivity contribution in [2.75, 3.05) is 6.54 Å². The molecule has 100 valence electrons. The molecule has 0 fully saturated rings. The van der Waals surface area contributed by atoms with Gasteiger partial charge in [-0.1, -0.05) is 42.8 Å². The first-order chi connectivity index (χ1) is 8.61. The van der Waals surface area contributed by atoms with Gasteiger partial charge in [0.05, 0.1) is 0 Å². The van der Waals surface area contributed by atoms with E-state index in [1.54, 1.807) is 0 Å². The molecule has 1 N–H and O–H groups in total. The van der Waals surface area contributed by atoms with Gasteiger partial charge in [0.25, 0.3) is 0 Å². The van der Waals surface area contributed by atoms with E-state index in [4.69, 9.17) is 4.74 Å². The van der Waals surface area contributed by atoms with Crippen LogP contribution < -0.4 is 10.1 Å². The second kappa shape index (κ2) is 6.07. The van der Waals surface area contributed by atoms with Crippen molar-refractivity contribution in [3.63, 3.8) is 0 Å². The highest BCUT2D eigenvalue weighted by Gasteiger charge is 2.29. The molecule has 1 heterocycles. The zero-order valence-corrected chi connectivity index (χ0v) is 13.0. The second-order valence-electron chi connectivity index (χ2n) is 5.32. The number of halogens is 1. The summed E-state index contributed by atoms with van der Waals surface area (Å²) in [4.78, 5) is 0. The van der Waals surface area contributed by atoms with E-state index in [1.165, 1.54) is 5.56 Å². The number of nitrogens with one attached hydrogen (secondary N) is 1. The quantitative estimate of drug-likeness (QED) is 0.895. The fraction of sp³-hybridized carbons (Fsp3) is 0.600. The molecule has 0 radical (unpaired) electrons. The summed E-state index contributed by atoms with van der Waals surface area (Å²) < 4.78 is 7.20. The zero-order valence-electron chi connectivity index (χ0n) is 11.4. The first kappa shape index (κ1) is 13.9. The average Bonchev–Trinajstić information content (AvgIpc) is 2.34. The molecule has 0 aliphatic carbocycles. The number of rotatable bonds is 4. The molecular weight excluding hydrogens is 290 g/mol. The van der Waals surface area contributed by atoms with Crippen molar-refractivity contribution in [2.24, 2.45) is 5.92 Å². The van der Waals surface area contributed by atoms with Crippen LogP contribution >= 0.6 is 15.9 Å². The molecule has 3 heteroatoms. The number of hydrogen-bond acceptors (Lipinski definition) is 2. The summed E-state index contributed by atoms with van der Waals surface area (Å²) in [5, 5.41) is 3.64. The van der Waals surface area contributed by atoms with Crippen LogP contribution in [0.3, 0.4) is 0 Å². The van der Waals surface area contributed by atoms with Crippen LogP contribution in [0.15, 0.2) is 22.7 Å². The molecule has 0 spiro atoms. The number of ether oxygens (including phenoxy) is 1. The molecule has 0 saturated heterocycles. The molecule has 18 heavy (non-hydrogen) atoms. The molecule has 2 atom stereocenters. The third-order valence-corrected chi connectivity index (χ3v) is 3.97. The Bertz CT molecular complexity index is 405. The fourth-order valence-corrected chi connectivity index (χ4v) is 2.73. The topological polar surface area (TPSA) is 21.3 Å². The molecule has 1 aliphatic heterocycles. The summed E-state index contributed by atoms with van der Waals surface area (Å²) in [7, 11) is 0. The van der Waals surface area contributed by atoms with Gasteiger partial charge in [-0.25, -0.2) is 0 Å². The number of hydrogen-bond donors (Lipinski definition) is 1. The zero-order chi connectivity index (χ0) is 13.1. The van der Waals surface area contributed by atoms with Gasteiger partial charge < -0.3 is 10.1 Å². The lowest BCUT2D eigenvalue weighted by molar-refractivity contribution is 0.107. The molecule has 1 aromatic rings. The van der Waals surface area contributed by atoms with Gasteiger partial charge in [-0.3, -0.25) is 0 Å². The highest BCUT2D eigenvalue weighted by Crippen LogP contribution is 2.38. The van der Waals surface area contributed by atoms with E-state index in [0.29, 0.717) is 18.1 Å². The van der Waals surface area contributed by atoms with Crippen LogP contribution in [0, 0.1) is 5.92 Å². The number of fused-ring (bicyclic) bond motifs is 1. The first-order valence-electron chi connectivity index (χ1n) is 6.81. The van der Waals surface area contributed by atoms with Crippen molar-refractivity contribution in [1.82, 2.24) is 5.32 Å². The van der Waals surface area contributed by atoms with Crippen LogP contribution in [0.5, 0.6) is 5.75 Å². The van der Waals surface area contributed by atoms with Crippen LogP contribution in [0.25, 0.3) is 0 Å². The molecular formula is C15H22BrNO. The van der Waals surface area contributed by atoms with E-state index >= 15 is 0 Å². The predicted octanol–water partition coefficient (Wildman–Crippen LogP) is 4.30. The Balaban J connectivity index is 2.25. The summed E-state index contributed by atoms with van der Waals surface area (Å²) in [5.41, 5.74) is 1.29. The van der Waals surface area contributed by atoms with Crippen molar-refractivity contribution in [1.29, 1.82) is 0 Å². The van der Waals surface area contributed by atoms with Crippen LogP contribution in [0.2, 0.25) is 0 Å². The largest absolute Gasteiger partial charge is 0.490 e. The lowest BCUT2D eigenvalue weighted by Crippen LogP contribution is -2.36. The van der Waals surface area contributed by atoms with Crippen LogP contribution in [-0.4, -0.2) is 12.6 Å². The van der Waals surface area contributed by atoms with E-state index in [0.717, 1.165) is 29.6 Å². The smallest absolute Gasteiger partial charge is 0.125 e. The maximum atomic E-state index is 6.11. The minimum atomic E-state index is 0.307. The van der Waals surface area contributed by atoms with Crippen molar-refractivity contribution < 1.29 is 4.74 Å². The van der Waals surface area contributed by atoms with Gasteiger partial charge >= 0.3 is 0 Å². The normalized spacial score (nSPS) is 22.7. The summed E-state index contributed by atoms with van der Waals surface area (Å²) in [6, 6.07) is 6.78. The minimum Gasteiger partial charge on any atom is -0.490 e. The summed E-state index contributed by atoms with van der Waals surface area (Å²) in [6.07, 6.45) is 2.53. The van der Waals surface area contributed by atoms with Crippen molar-refractivity contribution in [2.45, 2.75) is 45.8 Å². The van der Waals surface area contributed by atoms with E-state index in [1.807, 2.05) is 0 Å². The molecule has 2 nitrogen and oxygen atoms in total. The maximum Gasteiger partial charge on any atom is 0.125 e. The molecule has 0 bridgehead atoms. The fourth-order valence-electron chi connectivity index (χ4n) is 2.39.